The van der Waals surface area contributed by atoms with E-state index in [2.05, 4.69) is 15.8 Å². The molecule has 0 aliphatic heterocycles. The first-order chi connectivity index (χ1) is 14.8. The van der Waals surface area contributed by atoms with Crippen LogP contribution >= 0.6 is 23.2 Å². The van der Waals surface area contributed by atoms with Gasteiger partial charge in [0.2, 0.25) is 0 Å². The van der Waals surface area contributed by atoms with Crippen LogP contribution in [0.2, 0.25) is 10.0 Å². The zero-order valence-corrected chi connectivity index (χ0v) is 19.3. The number of hydrogen-bond donors (Lipinski definition) is 2. The Hall–Kier alpha value is -2.77. The highest BCUT2D eigenvalue weighted by molar-refractivity contribution is 6.42. The third-order valence-corrected chi connectivity index (χ3v) is 5.05. The van der Waals surface area contributed by atoms with E-state index in [4.69, 9.17) is 32.7 Å². The average Bonchev–Trinajstić information content (AvgIpc) is 2.74. The van der Waals surface area contributed by atoms with Gasteiger partial charge in [-0.1, -0.05) is 43.1 Å². The van der Waals surface area contributed by atoms with Gasteiger partial charge in [-0.3, -0.25) is 9.59 Å². The molecule has 0 aliphatic carbocycles. The van der Waals surface area contributed by atoms with Crippen LogP contribution in [0.5, 0.6) is 11.5 Å². The summed E-state index contributed by atoms with van der Waals surface area (Å²) in [6, 6.07) is 9.05. The van der Waals surface area contributed by atoms with E-state index in [1.807, 2.05) is 20.8 Å². The topological polar surface area (TPSA) is 89.0 Å². The second-order valence-electron chi connectivity index (χ2n) is 6.87. The largest absolute Gasteiger partial charge is 0.493 e. The van der Waals surface area contributed by atoms with Gasteiger partial charge in [0, 0.05) is 11.1 Å². The van der Waals surface area contributed by atoms with E-state index in [9.17, 15) is 9.59 Å². The first-order valence-corrected chi connectivity index (χ1v) is 10.4. The molecule has 0 spiro atoms. The number of amides is 2. The Bertz CT molecular complexity index is 964. The Kier molecular flexibility index (Phi) is 9.15. The predicted octanol–water partition coefficient (Wildman–Crippen LogP) is 4.31. The second-order valence-corrected chi connectivity index (χ2v) is 7.68. The lowest BCUT2D eigenvalue weighted by Gasteiger charge is -2.20. The van der Waals surface area contributed by atoms with Crippen molar-refractivity contribution >= 4 is 41.2 Å². The molecule has 2 aromatic rings. The molecule has 31 heavy (non-hydrogen) atoms. The summed E-state index contributed by atoms with van der Waals surface area (Å²) in [5.41, 5.74) is 3.41. The molecule has 2 amide bonds. The molecular formula is C22H25Cl2N3O4. The molecular weight excluding hydrogens is 441 g/mol. The van der Waals surface area contributed by atoms with E-state index in [1.165, 1.54) is 24.4 Å². The number of carbonyl (C=O) groups excluding carboxylic acids is 2. The third kappa shape index (κ3) is 6.60. The third-order valence-electron chi connectivity index (χ3n) is 4.31. The van der Waals surface area contributed by atoms with Crippen LogP contribution in [-0.4, -0.2) is 37.8 Å². The van der Waals surface area contributed by atoms with Crippen LogP contribution in [-0.2, 0) is 4.79 Å². The zero-order chi connectivity index (χ0) is 23.0. The Labute approximate surface area is 191 Å². The first-order valence-electron chi connectivity index (χ1n) is 9.67. The highest BCUT2D eigenvalue weighted by Crippen LogP contribution is 2.30. The molecule has 0 radical (unpaired) electrons. The van der Waals surface area contributed by atoms with Gasteiger partial charge in [-0.2, -0.15) is 5.10 Å². The minimum atomic E-state index is -0.809. The Morgan fingerprint density at radius 2 is 1.90 bits per heavy atom. The summed E-state index contributed by atoms with van der Waals surface area (Å²) < 4.78 is 10.9. The molecule has 2 rings (SSSR count). The number of nitrogens with zero attached hydrogens (tertiary/aromatic N) is 1. The van der Waals surface area contributed by atoms with E-state index in [-0.39, 0.29) is 10.9 Å². The highest BCUT2D eigenvalue weighted by Gasteiger charge is 2.24. The van der Waals surface area contributed by atoms with E-state index in [1.54, 1.807) is 25.3 Å². The van der Waals surface area contributed by atoms with Gasteiger partial charge in [-0.25, -0.2) is 5.43 Å². The lowest BCUT2D eigenvalue weighted by molar-refractivity contribution is -0.123. The van der Waals surface area contributed by atoms with Gasteiger partial charge in [-0.15, -0.1) is 0 Å². The lowest BCUT2D eigenvalue weighted by Crippen LogP contribution is -2.48. The molecule has 166 valence electrons. The van der Waals surface area contributed by atoms with Crippen LogP contribution in [0.3, 0.4) is 0 Å². The lowest BCUT2D eigenvalue weighted by atomic mass is 10.0. The summed E-state index contributed by atoms with van der Waals surface area (Å²) in [6.07, 6.45) is 1.46. The number of nitrogens with one attached hydrogen (secondary N) is 2. The standard InChI is InChI=1S/C22H25Cl2N3O4/c1-5-31-20-15(7-6-8-18(20)30-4)12-25-27-22(29)19(13(2)3)26-21(28)14-9-10-16(23)17(24)11-14/h6-13,19H,5H2,1-4H3,(H,26,28)(H,27,29). The van der Waals surface area contributed by atoms with Gasteiger partial charge >= 0.3 is 0 Å². The molecule has 2 N–H and O–H groups in total. The quantitative estimate of drug-likeness (QED) is 0.426. The maximum Gasteiger partial charge on any atom is 0.262 e. The zero-order valence-electron chi connectivity index (χ0n) is 17.7. The highest BCUT2D eigenvalue weighted by atomic mass is 35.5. The summed E-state index contributed by atoms with van der Waals surface area (Å²) in [5.74, 6) is 0.00553. The Balaban J connectivity index is 2.11. The van der Waals surface area contributed by atoms with E-state index in [0.29, 0.717) is 34.3 Å². The SMILES string of the molecule is CCOc1c(C=NNC(=O)C(NC(=O)c2ccc(Cl)c(Cl)c2)C(C)C)cccc1OC. The van der Waals surface area contributed by atoms with Crippen LogP contribution in [0.1, 0.15) is 36.7 Å². The summed E-state index contributed by atoms with van der Waals surface area (Å²) in [5, 5.41) is 7.33. The maximum absolute atomic E-state index is 12.7. The fourth-order valence-corrected chi connectivity index (χ4v) is 3.02. The number of halogens is 2. The van der Waals surface area contributed by atoms with Gasteiger partial charge in [-0.05, 0) is 43.2 Å². The minimum Gasteiger partial charge on any atom is -0.493 e. The van der Waals surface area contributed by atoms with Crippen molar-refractivity contribution in [2.75, 3.05) is 13.7 Å². The summed E-state index contributed by atoms with van der Waals surface area (Å²) in [6.45, 7) is 5.94. The predicted molar refractivity (Wildman–Crippen MR) is 122 cm³/mol. The smallest absolute Gasteiger partial charge is 0.262 e. The second kappa shape index (κ2) is 11.6. The molecule has 9 heteroatoms. The molecule has 2 aromatic carbocycles. The number of hydrazone groups is 1. The number of methoxy groups -OCH3 is 1. The van der Waals surface area contributed by atoms with Crippen LogP contribution < -0.4 is 20.2 Å². The van der Waals surface area contributed by atoms with E-state index >= 15 is 0 Å². The molecule has 0 aromatic heterocycles. The molecule has 1 atom stereocenters. The molecule has 0 bridgehead atoms. The molecule has 0 fully saturated rings. The molecule has 1 unspecified atom stereocenters. The first kappa shape index (κ1) is 24.5. The summed E-state index contributed by atoms with van der Waals surface area (Å²) >= 11 is 11.9. The Morgan fingerprint density at radius 3 is 2.52 bits per heavy atom. The van der Waals surface area contributed by atoms with Crippen molar-refractivity contribution in [3.63, 3.8) is 0 Å². The molecule has 0 aliphatic rings. The van der Waals surface area contributed by atoms with Crippen molar-refractivity contribution in [2.24, 2.45) is 11.0 Å². The number of ether oxygens (including phenoxy) is 2. The normalized spacial score (nSPS) is 12.0. The number of para-hydroxylation sites is 1. The van der Waals surface area contributed by atoms with Crippen molar-refractivity contribution in [1.82, 2.24) is 10.7 Å². The van der Waals surface area contributed by atoms with Gasteiger partial charge in [0.15, 0.2) is 11.5 Å². The monoisotopic (exact) mass is 465 g/mol. The van der Waals surface area contributed by atoms with E-state index < -0.39 is 17.9 Å². The molecule has 0 saturated heterocycles. The fourth-order valence-electron chi connectivity index (χ4n) is 2.73. The van der Waals surface area contributed by atoms with Gasteiger partial charge in [0.05, 0.1) is 30.0 Å². The van der Waals surface area contributed by atoms with Crippen molar-refractivity contribution in [3.8, 4) is 11.5 Å². The number of hydrogen-bond acceptors (Lipinski definition) is 5. The van der Waals surface area contributed by atoms with Crippen LogP contribution in [0, 0.1) is 5.92 Å². The van der Waals surface area contributed by atoms with Crippen molar-refractivity contribution in [3.05, 3.63) is 57.6 Å². The minimum absolute atomic E-state index is 0.183. The van der Waals surface area contributed by atoms with Crippen LogP contribution in [0.15, 0.2) is 41.5 Å². The summed E-state index contributed by atoms with van der Waals surface area (Å²) in [4.78, 5) is 25.2. The number of rotatable bonds is 9. The molecule has 7 nitrogen and oxygen atoms in total. The van der Waals surface area contributed by atoms with Crippen LogP contribution in [0.4, 0.5) is 0 Å². The van der Waals surface area contributed by atoms with E-state index in [0.717, 1.165) is 0 Å². The summed E-state index contributed by atoms with van der Waals surface area (Å²) in [7, 11) is 1.55. The van der Waals surface area contributed by atoms with Crippen molar-refractivity contribution in [1.29, 1.82) is 0 Å². The van der Waals surface area contributed by atoms with Crippen molar-refractivity contribution < 1.29 is 19.1 Å². The molecule has 0 heterocycles. The van der Waals surface area contributed by atoms with Gasteiger partial charge in [0.25, 0.3) is 11.8 Å². The number of benzene rings is 2. The Morgan fingerprint density at radius 1 is 1.16 bits per heavy atom. The van der Waals surface area contributed by atoms with Crippen molar-refractivity contribution in [2.45, 2.75) is 26.8 Å². The molecule has 0 saturated carbocycles. The van der Waals surface area contributed by atoms with Gasteiger partial charge < -0.3 is 14.8 Å². The fraction of sp³-hybridized carbons (Fsp3) is 0.318. The number of carbonyl (C=O) groups is 2. The maximum atomic E-state index is 12.7. The average molecular weight is 466 g/mol. The van der Waals surface area contributed by atoms with Gasteiger partial charge in [0.1, 0.15) is 6.04 Å². The van der Waals surface area contributed by atoms with Crippen LogP contribution in [0.25, 0.3) is 0 Å².